The number of carbonyl (C=O) groups is 2. The number of rotatable bonds is 6. The number of nitrogens with zero attached hydrogens (tertiary/aromatic N) is 6. The molecule has 0 aliphatic carbocycles. The van der Waals surface area contributed by atoms with Gasteiger partial charge in [-0.1, -0.05) is 10.4 Å². The summed E-state index contributed by atoms with van der Waals surface area (Å²) in [5.41, 5.74) is -1.64. The summed E-state index contributed by atoms with van der Waals surface area (Å²) in [6.45, 7) is 0. The third-order valence-electron chi connectivity index (χ3n) is 2.45. The molecule has 0 saturated carbocycles. The van der Waals surface area contributed by atoms with Gasteiger partial charge in [0, 0.05) is 0 Å². The van der Waals surface area contributed by atoms with Crippen LogP contribution >= 0.6 is 0 Å². The number of hydrogen-bond acceptors (Lipinski definition) is 8. The van der Waals surface area contributed by atoms with Gasteiger partial charge in [0.05, 0.1) is 12.8 Å². The Hall–Kier alpha value is -2.92. The Bertz CT molecular complexity index is 512. The van der Waals surface area contributed by atoms with Crippen LogP contribution < -0.4 is 0 Å². The molecule has 2 heterocycles. The molecular weight excluding hydrogens is 260 g/mol. The number of aliphatic carboxylic acids is 2. The van der Waals surface area contributed by atoms with Crippen LogP contribution in [0, 0.1) is 0 Å². The van der Waals surface area contributed by atoms with Crippen molar-refractivity contribution in [1.29, 1.82) is 0 Å². The van der Waals surface area contributed by atoms with E-state index in [0.29, 0.717) is 0 Å². The zero-order chi connectivity index (χ0) is 13.9. The van der Waals surface area contributed by atoms with Crippen molar-refractivity contribution in [3.05, 3.63) is 11.6 Å². The summed E-state index contributed by atoms with van der Waals surface area (Å²) >= 11 is 0. The highest BCUT2D eigenvalue weighted by atomic mass is 16.4. The molecule has 12 nitrogen and oxygen atoms in total. The molecule has 100 valence electrons. The fourth-order valence-corrected chi connectivity index (χ4v) is 1.72. The normalized spacial score (nSPS) is 11.4. The maximum Gasteiger partial charge on any atom is 0.304 e. The number of carboxylic acid groups (broad SMARTS) is 2. The van der Waals surface area contributed by atoms with Gasteiger partial charge >= 0.3 is 11.9 Å². The first-order valence-corrected chi connectivity index (χ1v) is 4.96. The second kappa shape index (κ2) is 4.75. The quantitative estimate of drug-likeness (QED) is 0.454. The highest BCUT2D eigenvalue weighted by Gasteiger charge is 2.46. The molecule has 4 N–H and O–H groups in total. The van der Waals surface area contributed by atoms with Gasteiger partial charge in [0.1, 0.15) is 5.41 Å². The summed E-state index contributed by atoms with van der Waals surface area (Å²) in [7, 11) is 0. The van der Waals surface area contributed by atoms with Crippen LogP contribution in [-0.4, -0.2) is 63.4 Å². The van der Waals surface area contributed by atoms with Crippen molar-refractivity contribution in [3.8, 4) is 0 Å². The zero-order valence-electron chi connectivity index (χ0n) is 9.31. The van der Waals surface area contributed by atoms with Crippen molar-refractivity contribution in [3.63, 3.8) is 0 Å². The van der Waals surface area contributed by atoms with Crippen LogP contribution in [0.4, 0.5) is 0 Å². The molecule has 0 saturated heterocycles. The van der Waals surface area contributed by atoms with Gasteiger partial charge in [-0.05, 0) is 0 Å². The Balaban J connectivity index is 2.56. The molecule has 0 bridgehead atoms. The van der Waals surface area contributed by atoms with Gasteiger partial charge in [0.25, 0.3) is 0 Å². The Labute approximate surface area is 104 Å². The molecule has 0 amide bonds. The molecule has 0 fully saturated rings. The highest BCUT2D eigenvalue weighted by molar-refractivity contribution is 5.74. The van der Waals surface area contributed by atoms with E-state index in [2.05, 4.69) is 41.2 Å². The molecule has 12 heteroatoms. The van der Waals surface area contributed by atoms with Crippen molar-refractivity contribution >= 4 is 11.9 Å². The smallest absolute Gasteiger partial charge is 0.304 e. The predicted octanol–water partition coefficient (Wildman–Crippen LogP) is -2.05. The molecule has 0 unspecified atom stereocenters. The van der Waals surface area contributed by atoms with Crippen LogP contribution in [-0.2, 0) is 15.0 Å². The summed E-state index contributed by atoms with van der Waals surface area (Å²) < 4.78 is 0. The summed E-state index contributed by atoms with van der Waals surface area (Å²) in [6.07, 6.45) is -1.23. The molecule has 0 aromatic carbocycles. The van der Waals surface area contributed by atoms with Gasteiger partial charge < -0.3 is 10.2 Å². The van der Waals surface area contributed by atoms with Crippen LogP contribution in [0.15, 0.2) is 0 Å². The van der Waals surface area contributed by atoms with Crippen molar-refractivity contribution in [2.45, 2.75) is 18.3 Å². The zero-order valence-corrected chi connectivity index (χ0v) is 9.31. The van der Waals surface area contributed by atoms with Crippen molar-refractivity contribution in [2.24, 2.45) is 0 Å². The number of aromatic amines is 2. The van der Waals surface area contributed by atoms with E-state index in [1.807, 2.05) is 0 Å². The largest absolute Gasteiger partial charge is 0.481 e. The minimum absolute atomic E-state index is 0.126. The molecule has 0 aliphatic heterocycles. The van der Waals surface area contributed by atoms with Gasteiger partial charge in [-0.2, -0.15) is 10.4 Å². The molecule has 2 aromatic heterocycles. The Morgan fingerprint density at radius 1 is 0.947 bits per heavy atom. The van der Waals surface area contributed by atoms with E-state index in [1.54, 1.807) is 0 Å². The molecule has 19 heavy (non-hydrogen) atoms. The average Bonchev–Trinajstić information content (AvgIpc) is 3.01. The molecule has 0 spiro atoms. The summed E-state index contributed by atoms with van der Waals surface area (Å²) in [5.74, 6) is -2.76. The van der Waals surface area contributed by atoms with E-state index in [0.717, 1.165) is 0 Å². The van der Waals surface area contributed by atoms with Gasteiger partial charge in [-0.3, -0.25) is 9.59 Å². The summed E-state index contributed by atoms with van der Waals surface area (Å²) in [4.78, 5) is 22.0. The van der Waals surface area contributed by atoms with E-state index in [1.165, 1.54) is 0 Å². The SMILES string of the molecule is O=C(O)CC(CC(=O)O)(c1nn[nH]n1)c1nn[nH]n1. The third kappa shape index (κ3) is 2.36. The first kappa shape index (κ1) is 12.5. The number of aromatic nitrogens is 8. The fourth-order valence-electron chi connectivity index (χ4n) is 1.72. The number of carboxylic acids is 2. The van der Waals surface area contributed by atoms with E-state index < -0.39 is 30.2 Å². The Morgan fingerprint density at radius 3 is 1.63 bits per heavy atom. The average molecular weight is 268 g/mol. The summed E-state index contributed by atoms with van der Waals surface area (Å²) in [5, 5.41) is 43.5. The van der Waals surface area contributed by atoms with Gasteiger partial charge in [-0.15, -0.1) is 20.4 Å². The fraction of sp³-hybridized carbons (Fsp3) is 0.429. The van der Waals surface area contributed by atoms with Crippen molar-refractivity contribution in [2.75, 3.05) is 0 Å². The monoisotopic (exact) mass is 268 g/mol. The van der Waals surface area contributed by atoms with Crippen LogP contribution in [0.25, 0.3) is 0 Å². The standard InChI is InChI=1S/C7H8N8O4/c16-3(17)1-7(2-4(18)19,5-8-12-13-9-5)6-10-14-15-11-6/h1-2H2,(H,16,17)(H,18,19)(H,8,9,12,13)(H,10,11,14,15). The maximum atomic E-state index is 11.0. The molecule has 0 aliphatic rings. The number of nitrogens with one attached hydrogen (secondary N) is 2. The van der Waals surface area contributed by atoms with Crippen LogP contribution in [0.5, 0.6) is 0 Å². The van der Waals surface area contributed by atoms with Gasteiger partial charge in [0.15, 0.2) is 11.6 Å². The van der Waals surface area contributed by atoms with Crippen molar-refractivity contribution in [1.82, 2.24) is 41.2 Å². The Kier molecular flexibility index (Phi) is 3.14. The topological polar surface area (TPSA) is 184 Å². The van der Waals surface area contributed by atoms with E-state index >= 15 is 0 Å². The van der Waals surface area contributed by atoms with Crippen LogP contribution in [0.2, 0.25) is 0 Å². The van der Waals surface area contributed by atoms with Crippen LogP contribution in [0.3, 0.4) is 0 Å². The second-order valence-electron chi connectivity index (χ2n) is 3.69. The highest BCUT2D eigenvalue weighted by Crippen LogP contribution is 2.34. The van der Waals surface area contributed by atoms with Gasteiger partial charge in [-0.25, -0.2) is 0 Å². The van der Waals surface area contributed by atoms with Gasteiger partial charge in [0.2, 0.25) is 0 Å². The molecule has 2 aromatic rings. The minimum Gasteiger partial charge on any atom is -0.481 e. The van der Waals surface area contributed by atoms with E-state index in [4.69, 9.17) is 10.2 Å². The predicted molar refractivity (Wildman–Crippen MR) is 53.6 cm³/mol. The number of H-pyrrole nitrogens is 2. The lowest BCUT2D eigenvalue weighted by Gasteiger charge is -2.23. The lowest BCUT2D eigenvalue weighted by molar-refractivity contribution is -0.141. The lowest BCUT2D eigenvalue weighted by atomic mass is 9.79. The maximum absolute atomic E-state index is 11.0. The first-order chi connectivity index (χ1) is 9.04. The molecule has 0 radical (unpaired) electrons. The molecule has 2 rings (SSSR count). The lowest BCUT2D eigenvalue weighted by Crippen LogP contribution is -2.36. The molecular formula is C7H8N8O4. The van der Waals surface area contributed by atoms with E-state index in [-0.39, 0.29) is 11.6 Å². The molecule has 0 atom stereocenters. The second-order valence-corrected chi connectivity index (χ2v) is 3.69. The Morgan fingerprint density at radius 2 is 1.37 bits per heavy atom. The first-order valence-electron chi connectivity index (χ1n) is 4.96. The summed E-state index contributed by atoms with van der Waals surface area (Å²) in [6, 6.07) is 0. The number of tetrazole rings is 2. The van der Waals surface area contributed by atoms with E-state index in [9.17, 15) is 9.59 Å². The van der Waals surface area contributed by atoms with Crippen molar-refractivity contribution < 1.29 is 19.8 Å². The number of hydrogen-bond donors (Lipinski definition) is 4. The van der Waals surface area contributed by atoms with Crippen LogP contribution in [0.1, 0.15) is 24.5 Å². The third-order valence-corrected chi connectivity index (χ3v) is 2.45. The minimum atomic E-state index is -1.64.